The number of rotatable bonds is 11. The molecule has 0 atom stereocenters. The lowest BCUT2D eigenvalue weighted by atomic mass is 9.83. The first-order valence-electron chi connectivity index (χ1n) is 20.4. The summed E-state index contributed by atoms with van der Waals surface area (Å²) in [6, 6.07) is 30.2. The zero-order valence-electron chi connectivity index (χ0n) is 35.7. The predicted molar refractivity (Wildman–Crippen MR) is 256 cm³/mol. The molecule has 0 saturated carbocycles. The van der Waals surface area contributed by atoms with E-state index in [1.54, 1.807) is 30.3 Å². The maximum absolute atomic E-state index is 13.8. The van der Waals surface area contributed by atoms with Gasteiger partial charge in [-0.15, -0.1) is 20.5 Å². The van der Waals surface area contributed by atoms with Crippen LogP contribution in [0.1, 0.15) is 52.6 Å². The summed E-state index contributed by atoms with van der Waals surface area (Å²) in [5.41, 5.74) is 24.5. The van der Waals surface area contributed by atoms with Crippen molar-refractivity contribution in [2.75, 3.05) is 11.5 Å². The average Bonchev–Trinajstić information content (AvgIpc) is 3.34. The summed E-state index contributed by atoms with van der Waals surface area (Å²) < 4.78 is 35.7. The lowest BCUT2D eigenvalue weighted by Gasteiger charge is -2.17. The smallest absolute Gasteiger partial charge is 0.296 e. The normalized spacial score (nSPS) is 12.8. The van der Waals surface area contributed by atoms with E-state index in [-0.39, 0.29) is 83.8 Å². The minimum Gasteiger partial charge on any atom is -0.505 e. The molecule has 2 amide bonds. The van der Waals surface area contributed by atoms with Crippen molar-refractivity contribution in [3.63, 3.8) is 0 Å². The molecule has 0 aliphatic heterocycles. The monoisotopic (exact) mass is 952 g/mol. The highest BCUT2D eigenvalue weighted by molar-refractivity contribution is 7.86. The lowest BCUT2D eigenvalue weighted by Crippen LogP contribution is -2.20. The van der Waals surface area contributed by atoms with Gasteiger partial charge >= 0.3 is 0 Å². The van der Waals surface area contributed by atoms with E-state index in [4.69, 9.17) is 22.9 Å². The number of nitrogens with zero attached hydrogens (tertiary/aromatic N) is 8. The molecule has 1 aliphatic rings. The van der Waals surface area contributed by atoms with Gasteiger partial charge in [0, 0.05) is 55.5 Å². The molecule has 0 aromatic heterocycles. The fourth-order valence-corrected chi connectivity index (χ4v) is 8.17. The van der Waals surface area contributed by atoms with Gasteiger partial charge in [-0.3, -0.25) is 23.7 Å². The zero-order chi connectivity index (χ0) is 49.6. The van der Waals surface area contributed by atoms with Crippen molar-refractivity contribution < 1.29 is 42.4 Å². The van der Waals surface area contributed by atoms with Crippen molar-refractivity contribution in [1.29, 1.82) is 0 Å². The van der Waals surface area contributed by atoms with Crippen LogP contribution in [0.5, 0.6) is 11.5 Å². The summed E-state index contributed by atoms with van der Waals surface area (Å²) in [6.07, 6.45) is 0. The van der Waals surface area contributed by atoms with Crippen LogP contribution in [0.3, 0.4) is 0 Å². The van der Waals surface area contributed by atoms with Gasteiger partial charge in [-0.2, -0.15) is 28.9 Å². The van der Waals surface area contributed by atoms with Gasteiger partial charge in [0.15, 0.2) is 23.1 Å². The highest BCUT2D eigenvalue weighted by Gasteiger charge is 2.31. The number of hydrogen-bond acceptors (Lipinski definition) is 18. The van der Waals surface area contributed by atoms with Gasteiger partial charge in [-0.1, -0.05) is 0 Å². The van der Waals surface area contributed by atoms with Gasteiger partial charge in [0.1, 0.15) is 16.3 Å². The maximum Gasteiger partial charge on any atom is 0.296 e. The van der Waals surface area contributed by atoms with Crippen molar-refractivity contribution in [2.24, 2.45) is 52.4 Å². The molecule has 70 heavy (non-hydrogen) atoms. The Kier molecular flexibility index (Phi) is 11.4. The van der Waals surface area contributed by atoms with Crippen LogP contribution < -0.4 is 22.9 Å². The number of carbonyl (C=O) groups excluding carboxylic acids is 4. The van der Waals surface area contributed by atoms with Gasteiger partial charge in [-0.25, -0.2) is 0 Å². The zero-order valence-corrected chi connectivity index (χ0v) is 36.5. The molecule has 8 aromatic rings. The molecule has 9 rings (SSSR count). The van der Waals surface area contributed by atoms with Crippen LogP contribution in [-0.2, 0) is 10.1 Å². The Bertz CT molecular complexity index is 3840. The van der Waals surface area contributed by atoms with Gasteiger partial charge in [0.25, 0.3) is 10.1 Å². The Morgan fingerprint density at radius 1 is 0.443 bits per heavy atom. The Morgan fingerprint density at radius 2 is 0.857 bits per heavy atom. The Balaban J connectivity index is 0.974. The third kappa shape index (κ3) is 8.51. The number of azo groups is 4. The van der Waals surface area contributed by atoms with Crippen LogP contribution in [0.4, 0.5) is 56.9 Å². The van der Waals surface area contributed by atoms with E-state index in [0.717, 1.165) is 6.07 Å². The van der Waals surface area contributed by atoms with E-state index in [1.165, 1.54) is 91.0 Å². The number of primary amides is 2. The highest BCUT2D eigenvalue weighted by Crippen LogP contribution is 2.47. The number of phenols is 2. The molecule has 344 valence electrons. The largest absolute Gasteiger partial charge is 0.505 e. The lowest BCUT2D eigenvalue weighted by molar-refractivity contribution is 0.0979. The maximum atomic E-state index is 13.8. The number of carbonyl (C=O) groups is 4. The average molecular weight is 953 g/mol. The molecule has 8 aromatic carbocycles. The standard InChI is InChI=1S/C48H32N12O9S/c49-34-14-17-36(57-53-24-5-1-22(2-6-24)47(51)65)30-13-16-38(45(63)40(30)34)59-55-26-9-11-28-31(19-26)43(61)29-12-10-27(20-32(29)44(28)62)56-60-42-39(70(67,68)69)21-33-37(18-15-35(50)41(33)46(42)64)58-54-25-7-3-23(4-8-25)48(52)66/h1-21,63-64H,49-50H2,(H2,51,65)(H2,52,66)(H,67,68,69). The summed E-state index contributed by atoms with van der Waals surface area (Å²) in [7, 11) is -5.09. The third-order valence-electron chi connectivity index (χ3n) is 11.0. The Hall–Kier alpha value is -9.93. The number of hydrogen-bond donors (Lipinski definition) is 7. The predicted octanol–water partition coefficient (Wildman–Crippen LogP) is 10.5. The summed E-state index contributed by atoms with van der Waals surface area (Å²) in [4.78, 5) is 49.7. The van der Waals surface area contributed by atoms with Crippen molar-refractivity contribution in [1.82, 2.24) is 0 Å². The Morgan fingerprint density at radius 3 is 1.34 bits per heavy atom. The molecular weight excluding hydrogens is 921 g/mol. The molecule has 0 radical (unpaired) electrons. The quantitative estimate of drug-likeness (QED) is 0.0363. The fourth-order valence-electron chi connectivity index (χ4n) is 7.52. The summed E-state index contributed by atoms with van der Waals surface area (Å²) >= 11 is 0. The second-order valence-electron chi connectivity index (χ2n) is 15.4. The second kappa shape index (κ2) is 17.7. The van der Waals surface area contributed by atoms with Crippen molar-refractivity contribution in [2.45, 2.75) is 4.90 Å². The number of aromatic hydroxyl groups is 2. The fraction of sp³-hybridized carbons (Fsp3) is 0. The van der Waals surface area contributed by atoms with Crippen molar-refractivity contribution in [3.05, 3.63) is 161 Å². The van der Waals surface area contributed by atoms with Crippen LogP contribution in [-0.4, -0.2) is 46.6 Å². The van der Waals surface area contributed by atoms with E-state index in [2.05, 4.69) is 40.9 Å². The minimum absolute atomic E-state index is 0.00859. The Labute approximate surface area is 394 Å². The number of ketones is 2. The van der Waals surface area contributed by atoms with Crippen molar-refractivity contribution >= 4 is 112 Å². The molecule has 0 saturated heterocycles. The van der Waals surface area contributed by atoms with Gasteiger partial charge in [0.2, 0.25) is 11.8 Å². The summed E-state index contributed by atoms with van der Waals surface area (Å²) in [5.74, 6) is -3.41. The first-order valence-corrected chi connectivity index (χ1v) is 21.8. The number of fused-ring (bicyclic) bond motifs is 4. The van der Waals surface area contributed by atoms with Gasteiger partial charge in [-0.05, 0) is 127 Å². The first kappa shape index (κ1) is 45.2. The van der Waals surface area contributed by atoms with Crippen molar-refractivity contribution in [3.8, 4) is 11.5 Å². The van der Waals surface area contributed by atoms with E-state index >= 15 is 0 Å². The molecule has 0 bridgehead atoms. The number of phenolic OH excluding ortho intramolecular Hbond substituents is 2. The van der Waals surface area contributed by atoms with E-state index < -0.39 is 49.8 Å². The van der Waals surface area contributed by atoms with Crippen LogP contribution in [0.15, 0.2) is 173 Å². The van der Waals surface area contributed by atoms with Gasteiger partial charge in [0.05, 0.1) is 44.9 Å². The SMILES string of the molecule is NC(=O)c1ccc(N=Nc2ccc(N)c3c(O)c(N=Nc4ccc5c(c4)C(=O)c4ccc(N=Nc6c(S(=O)(=O)O)cc7c(N=Nc8ccc(C(N)=O)cc8)ccc(N)c7c6O)cc4C5=O)ccc23)cc1. The molecule has 22 heteroatoms. The summed E-state index contributed by atoms with van der Waals surface area (Å²) in [6.45, 7) is 0. The van der Waals surface area contributed by atoms with E-state index in [9.17, 15) is 42.4 Å². The summed E-state index contributed by atoms with van der Waals surface area (Å²) in [5, 5.41) is 56.4. The first-order chi connectivity index (χ1) is 33.5. The number of nitrogen functional groups attached to an aromatic ring is 2. The highest BCUT2D eigenvalue weighted by atomic mass is 32.2. The van der Waals surface area contributed by atoms with E-state index in [1.807, 2.05) is 0 Å². The second-order valence-corrected chi connectivity index (χ2v) is 16.8. The molecule has 21 nitrogen and oxygen atoms in total. The molecule has 0 fully saturated rings. The van der Waals surface area contributed by atoms with Crippen LogP contribution in [0.25, 0.3) is 21.5 Å². The molecule has 0 heterocycles. The molecule has 1 aliphatic carbocycles. The topological polar surface area (TPSA) is 366 Å². The van der Waals surface area contributed by atoms with Gasteiger partial charge < -0.3 is 33.1 Å². The number of anilines is 2. The van der Waals surface area contributed by atoms with Crippen LogP contribution in [0, 0.1) is 0 Å². The molecule has 11 N–H and O–H groups in total. The number of nitrogens with two attached hydrogens (primary N) is 4. The number of amides is 2. The third-order valence-corrected chi connectivity index (χ3v) is 11.9. The minimum atomic E-state index is -5.09. The molecule has 0 spiro atoms. The number of benzene rings is 8. The van der Waals surface area contributed by atoms with E-state index in [0.29, 0.717) is 28.0 Å². The van der Waals surface area contributed by atoms with Crippen LogP contribution in [0.2, 0.25) is 0 Å². The molecule has 0 unspecified atom stereocenters. The van der Waals surface area contributed by atoms with Crippen LogP contribution >= 0.6 is 0 Å². The molecular formula is C48H32N12O9S.